The minimum Gasteiger partial charge on any atom is -0.302 e. The lowest BCUT2D eigenvalue weighted by molar-refractivity contribution is 0.102. The normalized spacial score (nSPS) is 11.4. The molecular formula is C23H28N4OS. The van der Waals surface area contributed by atoms with Crippen LogP contribution < -0.4 is 0 Å². The summed E-state index contributed by atoms with van der Waals surface area (Å²) in [7, 11) is 0. The molecule has 0 aliphatic heterocycles. The van der Waals surface area contributed by atoms with E-state index in [2.05, 4.69) is 61.9 Å². The van der Waals surface area contributed by atoms with E-state index in [0.29, 0.717) is 17.6 Å². The van der Waals surface area contributed by atoms with Crippen molar-refractivity contribution < 1.29 is 4.79 Å². The van der Waals surface area contributed by atoms with Gasteiger partial charge in [0.05, 0.1) is 5.75 Å². The highest BCUT2D eigenvalue weighted by molar-refractivity contribution is 7.99. The van der Waals surface area contributed by atoms with Crippen molar-refractivity contribution in [1.82, 2.24) is 19.7 Å². The van der Waals surface area contributed by atoms with Gasteiger partial charge in [0.2, 0.25) is 0 Å². The van der Waals surface area contributed by atoms with E-state index in [9.17, 15) is 4.79 Å². The van der Waals surface area contributed by atoms with Crippen LogP contribution in [-0.4, -0.2) is 31.3 Å². The van der Waals surface area contributed by atoms with Crippen molar-refractivity contribution in [1.29, 1.82) is 0 Å². The van der Waals surface area contributed by atoms with Crippen LogP contribution in [0.5, 0.6) is 0 Å². The Balaban J connectivity index is 1.80. The molecule has 152 valence electrons. The first-order valence-corrected chi connectivity index (χ1v) is 11.0. The second-order valence-corrected chi connectivity index (χ2v) is 8.60. The zero-order valence-electron chi connectivity index (χ0n) is 17.7. The van der Waals surface area contributed by atoms with Gasteiger partial charge >= 0.3 is 0 Å². The molecule has 3 aromatic rings. The predicted molar refractivity (Wildman–Crippen MR) is 119 cm³/mol. The van der Waals surface area contributed by atoms with E-state index < -0.39 is 0 Å². The molecule has 0 atom stereocenters. The predicted octanol–water partition coefficient (Wildman–Crippen LogP) is 5.58. The van der Waals surface area contributed by atoms with Gasteiger partial charge in [0.15, 0.2) is 16.8 Å². The maximum atomic E-state index is 13.0. The van der Waals surface area contributed by atoms with Crippen LogP contribution in [-0.2, 0) is 6.54 Å². The topological polar surface area (TPSA) is 60.7 Å². The number of thioether (sulfide) groups is 1. The molecule has 2 aromatic heterocycles. The molecule has 0 aliphatic rings. The molecule has 0 unspecified atom stereocenters. The van der Waals surface area contributed by atoms with E-state index in [4.69, 9.17) is 0 Å². The van der Waals surface area contributed by atoms with Crippen molar-refractivity contribution >= 4 is 17.5 Å². The van der Waals surface area contributed by atoms with Crippen molar-refractivity contribution in [2.45, 2.75) is 58.2 Å². The summed E-state index contributed by atoms with van der Waals surface area (Å²) in [5.41, 5.74) is 4.18. The maximum absolute atomic E-state index is 13.0. The molecule has 0 saturated heterocycles. The summed E-state index contributed by atoms with van der Waals surface area (Å²) in [5.74, 6) is 2.02. The van der Waals surface area contributed by atoms with Crippen LogP contribution in [0.25, 0.3) is 11.4 Å². The molecule has 0 saturated carbocycles. The number of benzene rings is 1. The van der Waals surface area contributed by atoms with Gasteiger partial charge in [0.25, 0.3) is 0 Å². The number of hydrogen-bond acceptors (Lipinski definition) is 5. The smallest absolute Gasteiger partial charge is 0.191 e. The summed E-state index contributed by atoms with van der Waals surface area (Å²) >= 11 is 1.45. The van der Waals surface area contributed by atoms with Gasteiger partial charge < -0.3 is 4.57 Å². The van der Waals surface area contributed by atoms with Gasteiger partial charge in [-0.25, -0.2) is 0 Å². The maximum Gasteiger partial charge on any atom is 0.191 e. The molecule has 0 amide bonds. The zero-order chi connectivity index (χ0) is 21.0. The van der Waals surface area contributed by atoms with Gasteiger partial charge in [-0.1, -0.05) is 57.7 Å². The Bertz CT molecular complexity index is 980. The third kappa shape index (κ3) is 4.75. The number of aromatic nitrogens is 4. The second-order valence-electron chi connectivity index (χ2n) is 7.65. The summed E-state index contributed by atoms with van der Waals surface area (Å²) in [5, 5.41) is 9.43. The molecule has 29 heavy (non-hydrogen) atoms. The van der Waals surface area contributed by atoms with Gasteiger partial charge in [-0.2, -0.15) is 0 Å². The molecule has 0 spiro atoms. The Morgan fingerprint density at radius 2 is 1.76 bits per heavy atom. The highest BCUT2D eigenvalue weighted by Gasteiger charge is 2.18. The third-order valence-corrected chi connectivity index (χ3v) is 5.94. The Hall–Kier alpha value is -2.47. The molecule has 2 heterocycles. The number of carbonyl (C=O) groups is 1. The third-order valence-electron chi connectivity index (χ3n) is 4.97. The molecule has 0 fully saturated rings. The van der Waals surface area contributed by atoms with Crippen molar-refractivity contribution in [3.63, 3.8) is 0 Å². The average Bonchev–Trinajstić information content (AvgIpc) is 3.15. The first-order valence-electron chi connectivity index (χ1n) is 10.1. The quantitative estimate of drug-likeness (QED) is 0.359. The van der Waals surface area contributed by atoms with Gasteiger partial charge in [0.1, 0.15) is 0 Å². The summed E-state index contributed by atoms with van der Waals surface area (Å²) in [6.45, 7) is 11.4. The van der Waals surface area contributed by atoms with Crippen LogP contribution in [0.1, 0.15) is 67.9 Å². The van der Waals surface area contributed by atoms with Crippen LogP contribution >= 0.6 is 11.8 Å². The fourth-order valence-electron chi connectivity index (χ4n) is 3.27. The highest BCUT2D eigenvalue weighted by atomic mass is 32.2. The number of carbonyl (C=O) groups excluding carboxylic acids is 1. The molecule has 0 N–H and O–H groups in total. The summed E-state index contributed by atoms with van der Waals surface area (Å²) in [4.78, 5) is 17.1. The van der Waals surface area contributed by atoms with Gasteiger partial charge in [0, 0.05) is 30.1 Å². The number of ketones is 1. The standard InChI is InChI=1S/C23H28N4OS/c1-6-27-22(17-9-11-24-12-10-17)25-26-23(27)29-14-21(28)19-8-7-18(15(2)3)13-20(19)16(4)5/h7-13,15-16H,6,14H2,1-5H3. The molecule has 1 aromatic carbocycles. The number of nitrogens with zero attached hydrogens (tertiary/aromatic N) is 4. The molecule has 3 rings (SSSR count). The minimum atomic E-state index is 0.130. The van der Waals surface area contributed by atoms with Crippen molar-refractivity contribution in [2.75, 3.05) is 5.75 Å². The lowest BCUT2D eigenvalue weighted by Crippen LogP contribution is -2.10. The largest absolute Gasteiger partial charge is 0.302 e. The van der Waals surface area contributed by atoms with Crippen molar-refractivity contribution in [3.8, 4) is 11.4 Å². The molecule has 0 bridgehead atoms. The fourth-order valence-corrected chi connectivity index (χ4v) is 4.16. The first kappa shape index (κ1) is 21.2. The number of Topliss-reactive ketones (excluding diaryl/α,β-unsaturated/α-hetero) is 1. The average molecular weight is 409 g/mol. The van der Waals surface area contributed by atoms with E-state index >= 15 is 0 Å². The summed E-state index contributed by atoms with van der Waals surface area (Å²) in [6.07, 6.45) is 3.49. The van der Waals surface area contributed by atoms with Crippen LogP contribution in [0, 0.1) is 0 Å². The summed E-state index contributed by atoms with van der Waals surface area (Å²) < 4.78 is 2.04. The molecule has 5 nitrogen and oxygen atoms in total. The van der Waals surface area contributed by atoms with Gasteiger partial charge in [-0.3, -0.25) is 9.78 Å². The SMILES string of the molecule is CCn1c(SCC(=O)c2ccc(C(C)C)cc2C(C)C)nnc1-c1ccncc1. The number of hydrogen-bond donors (Lipinski definition) is 0. The molecule has 6 heteroatoms. The Morgan fingerprint density at radius 3 is 2.38 bits per heavy atom. The highest BCUT2D eigenvalue weighted by Crippen LogP contribution is 2.28. The minimum absolute atomic E-state index is 0.130. The first-order chi connectivity index (χ1) is 13.9. The second kappa shape index (κ2) is 9.35. The number of pyridine rings is 1. The van der Waals surface area contributed by atoms with E-state index in [1.807, 2.05) is 22.8 Å². The van der Waals surface area contributed by atoms with Crippen LogP contribution in [0.4, 0.5) is 0 Å². The van der Waals surface area contributed by atoms with E-state index in [1.54, 1.807) is 12.4 Å². The Morgan fingerprint density at radius 1 is 1.03 bits per heavy atom. The van der Waals surface area contributed by atoms with Crippen LogP contribution in [0.15, 0.2) is 47.9 Å². The summed E-state index contributed by atoms with van der Waals surface area (Å²) in [6, 6.07) is 10.1. The van der Waals surface area contributed by atoms with Crippen molar-refractivity contribution in [3.05, 3.63) is 59.4 Å². The lowest BCUT2D eigenvalue weighted by Gasteiger charge is -2.15. The van der Waals surface area contributed by atoms with Gasteiger partial charge in [-0.15, -0.1) is 10.2 Å². The van der Waals surface area contributed by atoms with Crippen LogP contribution in [0.3, 0.4) is 0 Å². The molecular weight excluding hydrogens is 380 g/mol. The van der Waals surface area contributed by atoms with Gasteiger partial charge in [-0.05, 0) is 42.0 Å². The van der Waals surface area contributed by atoms with Crippen molar-refractivity contribution in [2.24, 2.45) is 0 Å². The Labute approximate surface area is 177 Å². The molecule has 0 aliphatic carbocycles. The van der Waals surface area contributed by atoms with E-state index in [-0.39, 0.29) is 5.78 Å². The fraction of sp³-hybridized carbons (Fsp3) is 0.391. The zero-order valence-corrected chi connectivity index (χ0v) is 18.5. The lowest BCUT2D eigenvalue weighted by atomic mass is 9.90. The van der Waals surface area contributed by atoms with E-state index in [0.717, 1.165) is 34.2 Å². The Kier molecular flexibility index (Phi) is 6.85. The van der Waals surface area contributed by atoms with E-state index in [1.165, 1.54) is 17.3 Å². The monoisotopic (exact) mass is 408 g/mol. The van der Waals surface area contributed by atoms with Crippen LogP contribution in [0.2, 0.25) is 0 Å². The number of rotatable bonds is 8. The molecule has 0 radical (unpaired) electrons.